The molecule has 0 aromatic heterocycles. The molecule has 3 amide bonds. The Balaban J connectivity index is 1.37. The smallest absolute Gasteiger partial charge is 0.244 e. The number of carbonyl (C=O) groups is 3. The van der Waals surface area contributed by atoms with Crippen LogP contribution in [-0.4, -0.2) is 39.6 Å². The number of hydrogen-bond donors (Lipinski definition) is 1. The van der Waals surface area contributed by atoms with Crippen LogP contribution in [-0.2, 0) is 27.5 Å². The summed E-state index contributed by atoms with van der Waals surface area (Å²) in [5.74, 6) is -1.84. The highest BCUT2D eigenvalue weighted by atomic mass is 16.2. The van der Waals surface area contributed by atoms with Crippen molar-refractivity contribution in [2.45, 2.75) is 44.4 Å². The molecule has 188 valence electrons. The second kappa shape index (κ2) is 9.27. The van der Waals surface area contributed by atoms with Gasteiger partial charge in [0, 0.05) is 19.1 Å². The molecule has 3 aromatic carbocycles. The Morgan fingerprint density at radius 2 is 1.46 bits per heavy atom. The zero-order chi connectivity index (χ0) is 25.6. The SMILES string of the molecule is Cc1ccc(CN2CCC[C@]3(N[C@H](c4ccccc4)[C@@H]4C(=O)N(Cc5ccccc5)C(=O)[C@@H]43)C2=O)cc1. The number of rotatable bonds is 5. The molecule has 6 heteroatoms. The second-order valence-corrected chi connectivity index (χ2v) is 10.6. The quantitative estimate of drug-likeness (QED) is 0.546. The van der Waals surface area contributed by atoms with Crippen molar-refractivity contribution in [3.63, 3.8) is 0 Å². The predicted molar refractivity (Wildman–Crippen MR) is 140 cm³/mol. The van der Waals surface area contributed by atoms with Crippen molar-refractivity contribution in [2.75, 3.05) is 6.54 Å². The topological polar surface area (TPSA) is 69.7 Å². The molecule has 4 atom stereocenters. The lowest BCUT2D eigenvalue weighted by Crippen LogP contribution is -2.63. The lowest BCUT2D eigenvalue weighted by Gasteiger charge is -2.42. The van der Waals surface area contributed by atoms with Gasteiger partial charge in [-0.1, -0.05) is 90.5 Å². The summed E-state index contributed by atoms with van der Waals surface area (Å²) >= 11 is 0. The number of imide groups is 1. The van der Waals surface area contributed by atoms with Crippen LogP contribution in [0.3, 0.4) is 0 Å². The molecule has 3 aromatic rings. The molecule has 3 aliphatic heterocycles. The molecule has 0 bridgehead atoms. The largest absolute Gasteiger partial charge is 0.337 e. The molecule has 1 N–H and O–H groups in total. The van der Waals surface area contributed by atoms with Crippen molar-refractivity contribution in [1.82, 2.24) is 15.1 Å². The Bertz CT molecular complexity index is 1320. The van der Waals surface area contributed by atoms with E-state index in [0.717, 1.165) is 23.1 Å². The van der Waals surface area contributed by atoms with E-state index in [1.807, 2.05) is 84.6 Å². The number of amides is 3. The number of hydrogen-bond acceptors (Lipinski definition) is 4. The standard InChI is InChI=1S/C31H31N3O3/c1-21-13-15-23(16-14-21)19-33-18-8-17-31(30(33)37)26-25(27(32-31)24-11-6-3-7-12-24)28(35)34(29(26)36)20-22-9-4-2-5-10-22/h2-7,9-16,25-27,32H,8,17-20H2,1H3/t25-,26-,27-,31-/m1/s1. The van der Waals surface area contributed by atoms with E-state index in [9.17, 15) is 14.4 Å². The van der Waals surface area contributed by atoms with Crippen LogP contribution in [0.25, 0.3) is 0 Å². The summed E-state index contributed by atoms with van der Waals surface area (Å²) in [6.45, 7) is 3.40. The normalized spacial score (nSPS) is 27.3. The summed E-state index contributed by atoms with van der Waals surface area (Å²) in [6.07, 6.45) is 1.31. The number of likely N-dealkylation sites (tertiary alicyclic amines) is 2. The van der Waals surface area contributed by atoms with E-state index in [1.165, 1.54) is 10.5 Å². The van der Waals surface area contributed by atoms with Crippen molar-refractivity contribution >= 4 is 17.7 Å². The van der Waals surface area contributed by atoms with Crippen molar-refractivity contribution in [1.29, 1.82) is 0 Å². The molecule has 3 fully saturated rings. The lowest BCUT2D eigenvalue weighted by molar-refractivity contribution is -0.150. The Kier molecular flexibility index (Phi) is 5.92. The monoisotopic (exact) mass is 493 g/mol. The average Bonchev–Trinajstić information content (AvgIpc) is 3.39. The number of piperidine rings is 1. The Morgan fingerprint density at radius 1 is 0.811 bits per heavy atom. The summed E-state index contributed by atoms with van der Waals surface area (Å²) in [5.41, 5.74) is 2.97. The van der Waals surface area contributed by atoms with Gasteiger partial charge in [-0.25, -0.2) is 0 Å². The first-order chi connectivity index (χ1) is 18.0. The van der Waals surface area contributed by atoms with Crippen LogP contribution in [0.5, 0.6) is 0 Å². The zero-order valence-electron chi connectivity index (χ0n) is 21.0. The molecule has 3 heterocycles. The number of aryl methyl sites for hydroxylation is 1. The first-order valence-corrected chi connectivity index (χ1v) is 13.0. The number of fused-ring (bicyclic) bond motifs is 2. The molecule has 3 aliphatic rings. The van der Waals surface area contributed by atoms with Crippen LogP contribution in [0, 0.1) is 18.8 Å². The third kappa shape index (κ3) is 3.96. The fourth-order valence-electron chi connectivity index (χ4n) is 6.46. The maximum Gasteiger partial charge on any atom is 0.244 e. The summed E-state index contributed by atoms with van der Waals surface area (Å²) in [4.78, 5) is 45.3. The minimum absolute atomic E-state index is 0.0736. The first-order valence-electron chi connectivity index (χ1n) is 13.0. The van der Waals surface area contributed by atoms with Crippen LogP contribution in [0.15, 0.2) is 84.9 Å². The van der Waals surface area contributed by atoms with Gasteiger partial charge < -0.3 is 4.90 Å². The maximum atomic E-state index is 14.2. The minimum atomic E-state index is -1.09. The summed E-state index contributed by atoms with van der Waals surface area (Å²) in [7, 11) is 0. The van der Waals surface area contributed by atoms with E-state index >= 15 is 0 Å². The van der Waals surface area contributed by atoms with Gasteiger partial charge in [0.2, 0.25) is 17.7 Å². The molecule has 6 nitrogen and oxygen atoms in total. The highest BCUT2D eigenvalue weighted by Gasteiger charge is 2.68. The van der Waals surface area contributed by atoms with Crippen molar-refractivity contribution < 1.29 is 14.4 Å². The van der Waals surface area contributed by atoms with Crippen molar-refractivity contribution in [3.8, 4) is 0 Å². The average molecular weight is 494 g/mol. The van der Waals surface area contributed by atoms with Gasteiger partial charge in [-0.05, 0) is 36.5 Å². The van der Waals surface area contributed by atoms with E-state index in [4.69, 9.17) is 0 Å². The number of nitrogens with zero attached hydrogens (tertiary/aromatic N) is 2. The van der Waals surface area contributed by atoms with E-state index in [2.05, 4.69) is 17.4 Å². The Morgan fingerprint density at radius 3 is 2.16 bits per heavy atom. The van der Waals surface area contributed by atoms with Crippen LogP contribution in [0.4, 0.5) is 0 Å². The van der Waals surface area contributed by atoms with Crippen LogP contribution < -0.4 is 5.32 Å². The summed E-state index contributed by atoms with van der Waals surface area (Å²) in [6, 6.07) is 27.1. The Labute approximate surface area is 217 Å². The third-order valence-electron chi connectivity index (χ3n) is 8.25. The minimum Gasteiger partial charge on any atom is -0.337 e. The molecule has 0 unspecified atom stereocenters. The predicted octanol–water partition coefficient (Wildman–Crippen LogP) is 4.00. The van der Waals surface area contributed by atoms with Crippen molar-refractivity contribution in [3.05, 3.63) is 107 Å². The fourth-order valence-corrected chi connectivity index (χ4v) is 6.46. The highest BCUT2D eigenvalue weighted by molar-refractivity contribution is 6.10. The van der Waals surface area contributed by atoms with Crippen LogP contribution >= 0.6 is 0 Å². The molecule has 1 spiro atoms. The van der Waals surface area contributed by atoms with E-state index < -0.39 is 23.4 Å². The van der Waals surface area contributed by atoms with Gasteiger partial charge in [0.15, 0.2) is 0 Å². The van der Waals surface area contributed by atoms with Gasteiger partial charge in [-0.3, -0.25) is 24.6 Å². The van der Waals surface area contributed by atoms with Gasteiger partial charge >= 0.3 is 0 Å². The van der Waals surface area contributed by atoms with Crippen molar-refractivity contribution in [2.24, 2.45) is 11.8 Å². The molecule has 0 saturated carbocycles. The zero-order valence-corrected chi connectivity index (χ0v) is 21.0. The number of nitrogens with one attached hydrogen (secondary N) is 1. The molecular weight excluding hydrogens is 462 g/mol. The van der Waals surface area contributed by atoms with Gasteiger partial charge in [-0.15, -0.1) is 0 Å². The maximum absolute atomic E-state index is 14.2. The molecular formula is C31H31N3O3. The van der Waals surface area contributed by atoms with E-state index in [1.54, 1.807) is 0 Å². The Hall–Kier alpha value is -3.77. The summed E-state index contributed by atoms with van der Waals surface area (Å²) < 4.78 is 0. The first kappa shape index (κ1) is 23.6. The third-order valence-corrected chi connectivity index (χ3v) is 8.25. The van der Waals surface area contributed by atoms with Gasteiger partial charge in [-0.2, -0.15) is 0 Å². The van der Waals surface area contributed by atoms with Gasteiger partial charge in [0.05, 0.1) is 18.4 Å². The molecule has 3 saturated heterocycles. The molecule has 0 radical (unpaired) electrons. The van der Waals surface area contributed by atoms with Gasteiger partial charge in [0.1, 0.15) is 5.54 Å². The van der Waals surface area contributed by atoms with Crippen LogP contribution in [0.1, 0.15) is 41.1 Å². The number of carbonyl (C=O) groups excluding carboxylic acids is 3. The second-order valence-electron chi connectivity index (χ2n) is 10.6. The van der Waals surface area contributed by atoms with E-state index in [0.29, 0.717) is 19.5 Å². The number of benzene rings is 3. The fraction of sp³-hybridized carbons (Fsp3) is 0.323. The highest BCUT2D eigenvalue weighted by Crippen LogP contribution is 2.52. The lowest BCUT2D eigenvalue weighted by atomic mass is 9.74. The molecule has 6 rings (SSSR count). The van der Waals surface area contributed by atoms with Gasteiger partial charge in [0.25, 0.3) is 0 Å². The summed E-state index contributed by atoms with van der Waals surface area (Å²) in [5, 5.41) is 3.59. The molecule has 37 heavy (non-hydrogen) atoms. The molecule has 0 aliphatic carbocycles. The van der Waals surface area contributed by atoms with E-state index in [-0.39, 0.29) is 24.3 Å². The van der Waals surface area contributed by atoms with Crippen LogP contribution in [0.2, 0.25) is 0 Å².